The maximum absolute atomic E-state index is 5.56. The Morgan fingerprint density at radius 3 is 2.53 bits per heavy atom. The Hall–Kier alpha value is -1.42. The van der Waals surface area contributed by atoms with Crippen molar-refractivity contribution < 1.29 is 0 Å². The van der Waals surface area contributed by atoms with Crippen LogP contribution in [0.2, 0.25) is 0 Å². The maximum atomic E-state index is 5.56. The zero-order chi connectivity index (χ0) is 10.8. The van der Waals surface area contributed by atoms with Crippen molar-refractivity contribution in [3.63, 3.8) is 0 Å². The molecule has 0 aliphatic carbocycles. The topological polar surface area (TPSA) is 51.8 Å². The molecule has 1 heterocycles. The molecule has 0 amide bonds. The summed E-state index contributed by atoms with van der Waals surface area (Å²) < 4.78 is 1.05. The van der Waals surface area contributed by atoms with E-state index in [0.717, 1.165) is 21.3 Å². The van der Waals surface area contributed by atoms with Gasteiger partial charge in [0.15, 0.2) is 0 Å². The zero-order valence-electron chi connectivity index (χ0n) is 8.24. The normalized spacial score (nSPS) is 10.3. The van der Waals surface area contributed by atoms with Crippen molar-refractivity contribution in [3.8, 4) is 11.3 Å². The van der Waals surface area contributed by atoms with Gasteiger partial charge in [-0.3, -0.25) is 0 Å². The second-order valence-corrected chi connectivity index (χ2v) is 4.18. The Morgan fingerprint density at radius 2 is 1.87 bits per heavy atom. The molecule has 1 aromatic carbocycles. The molecule has 76 valence electrons. The Labute approximate surface area is 96.5 Å². The van der Waals surface area contributed by atoms with Crippen molar-refractivity contribution in [3.05, 3.63) is 40.5 Å². The van der Waals surface area contributed by atoms with Gasteiger partial charge in [0.05, 0.1) is 5.69 Å². The summed E-state index contributed by atoms with van der Waals surface area (Å²) in [6.07, 6.45) is 1.74. The number of nitrogen functional groups attached to an aromatic ring is 1. The Kier molecular flexibility index (Phi) is 2.68. The number of rotatable bonds is 1. The molecular weight excluding hydrogens is 254 g/mol. The number of anilines is 1. The highest BCUT2D eigenvalue weighted by atomic mass is 79.9. The van der Waals surface area contributed by atoms with Gasteiger partial charge in [-0.2, -0.15) is 0 Å². The summed E-state index contributed by atoms with van der Waals surface area (Å²) in [6, 6.07) is 7.96. The molecule has 2 N–H and O–H groups in total. The minimum atomic E-state index is 0.304. The number of benzene rings is 1. The molecule has 15 heavy (non-hydrogen) atoms. The van der Waals surface area contributed by atoms with Crippen molar-refractivity contribution in [2.45, 2.75) is 6.92 Å². The van der Waals surface area contributed by atoms with E-state index in [1.807, 2.05) is 31.2 Å². The van der Waals surface area contributed by atoms with Crippen LogP contribution in [0.5, 0.6) is 0 Å². The van der Waals surface area contributed by atoms with Crippen molar-refractivity contribution in [2.75, 3.05) is 5.73 Å². The van der Waals surface area contributed by atoms with E-state index in [9.17, 15) is 0 Å². The monoisotopic (exact) mass is 263 g/mol. The van der Waals surface area contributed by atoms with E-state index in [1.54, 1.807) is 6.20 Å². The van der Waals surface area contributed by atoms with Gasteiger partial charge in [0, 0.05) is 16.2 Å². The lowest BCUT2D eigenvalue weighted by Crippen LogP contribution is -1.97. The predicted octanol–water partition coefficient (Wildman–Crippen LogP) is 2.80. The van der Waals surface area contributed by atoms with E-state index in [-0.39, 0.29) is 0 Å². The van der Waals surface area contributed by atoms with E-state index in [1.165, 1.54) is 0 Å². The predicted molar refractivity (Wildman–Crippen MR) is 64.3 cm³/mol. The fourth-order valence-corrected chi connectivity index (χ4v) is 1.62. The third kappa shape index (κ3) is 2.15. The Bertz CT molecular complexity index is 480. The van der Waals surface area contributed by atoms with Crippen molar-refractivity contribution >= 4 is 21.9 Å². The van der Waals surface area contributed by atoms with Crippen molar-refractivity contribution in [1.82, 2.24) is 9.97 Å². The first-order valence-corrected chi connectivity index (χ1v) is 5.31. The zero-order valence-corrected chi connectivity index (χ0v) is 9.82. The minimum absolute atomic E-state index is 0.304. The Balaban J connectivity index is 2.53. The summed E-state index contributed by atoms with van der Waals surface area (Å²) >= 11 is 3.39. The van der Waals surface area contributed by atoms with E-state index in [2.05, 4.69) is 25.9 Å². The van der Waals surface area contributed by atoms with E-state index < -0.39 is 0 Å². The summed E-state index contributed by atoms with van der Waals surface area (Å²) in [4.78, 5) is 8.16. The first kappa shape index (κ1) is 10.1. The summed E-state index contributed by atoms with van der Waals surface area (Å²) in [7, 11) is 0. The molecular formula is C11H10BrN3. The smallest absolute Gasteiger partial charge is 0.220 e. The number of nitrogens with two attached hydrogens (primary N) is 1. The van der Waals surface area contributed by atoms with E-state index in [4.69, 9.17) is 5.73 Å². The average Bonchev–Trinajstić information content (AvgIpc) is 2.23. The second kappa shape index (κ2) is 3.98. The minimum Gasteiger partial charge on any atom is -0.368 e. The van der Waals surface area contributed by atoms with Crippen LogP contribution in [0, 0.1) is 6.92 Å². The number of aryl methyl sites for hydroxylation is 1. The van der Waals surface area contributed by atoms with Gasteiger partial charge in [-0.25, -0.2) is 9.97 Å². The Morgan fingerprint density at radius 1 is 1.20 bits per heavy atom. The van der Waals surface area contributed by atoms with Gasteiger partial charge < -0.3 is 5.73 Å². The van der Waals surface area contributed by atoms with Crippen molar-refractivity contribution in [1.29, 1.82) is 0 Å². The molecule has 1 aromatic heterocycles. The highest BCUT2D eigenvalue weighted by molar-refractivity contribution is 9.10. The van der Waals surface area contributed by atoms with Gasteiger partial charge in [-0.1, -0.05) is 28.1 Å². The summed E-state index contributed by atoms with van der Waals surface area (Å²) in [5.74, 6) is 0.304. The largest absolute Gasteiger partial charge is 0.368 e. The van der Waals surface area contributed by atoms with Crippen LogP contribution in [-0.4, -0.2) is 9.97 Å². The third-order valence-electron chi connectivity index (χ3n) is 2.11. The molecule has 3 nitrogen and oxygen atoms in total. The second-order valence-electron chi connectivity index (χ2n) is 3.27. The number of hydrogen-bond donors (Lipinski definition) is 1. The number of aromatic nitrogens is 2. The molecule has 0 atom stereocenters. The molecule has 0 spiro atoms. The van der Waals surface area contributed by atoms with Crippen LogP contribution in [0.15, 0.2) is 34.9 Å². The molecule has 0 saturated heterocycles. The SMILES string of the molecule is Cc1cnc(N)nc1-c1ccc(Br)cc1. The van der Waals surface area contributed by atoms with E-state index >= 15 is 0 Å². The highest BCUT2D eigenvalue weighted by Gasteiger charge is 2.04. The molecule has 0 bridgehead atoms. The van der Waals surface area contributed by atoms with Crippen LogP contribution < -0.4 is 5.73 Å². The lowest BCUT2D eigenvalue weighted by atomic mass is 10.1. The number of halogens is 1. The van der Waals surface area contributed by atoms with Gasteiger partial charge >= 0.3 is 0 Å². The third-order valence-corrected chi connectivity index (χ3v) is 2.64. The van der Waals surface area contributed by atoms with Crippen LogP contribution in [-0.2, 0) is 0 Å². The van der Waals surface area contributed by atoms with Crippen LogP contribution in [0.4, 0.5) is 5.95 Å². The molecule has 0 unspecified atom stereocenters. The fraction of sp³-hybridized carbons (Fsp3) is 0.0909. The van der Waals surface area contributed by atoms with Crippen LogP contribution >= 0.6 is 15.9 Å². The highest BCUT2D eigenvalue weighted by Crippen LogP contribution is 2.22. The molecule has 4 heteroatoms. The summed E-state index contributed by atoms with van der Waals surface area (Å²) in [6.45, 7) is 1.97. The average molecular weight is 264 g/mol. The van der Waals surface area contributed by atoms with Crippen LogP contribution in [0.3, 0.4) is 0 Å². The lowest BCUT2D eigenvalue weighted by Gasteiger charge is -2.05. The van der Waals surface area contributed by atoms with Gasteiger partial charge in [0.2, 0.25) is 5.95 Å². The van der Waals surface area contributed by atoms with Gasteiger partial charge in [0.25, 0.3) is 0 Å². The van der Waals surface area contributed by atoms with Gasteiger partial charge in [-0.15, -0.1) is 0 Å². The molecule has 0 fully saturated rings. The maximum Gasteiger partial charge on any atom is 0.220 e. The lowest BCUT2D eigenvalue weighted by molar-refractivity contribution is 1.15. The van der Waals surface area contributed by atoms with Gasteiger partial charge in [0.1, 0.15) is 0 Å². The molecule has 0 aliphatic rings. The quantitative estimate of drug-likeness (QED) is 0.861. The molecule has 2 aromatic rings. The first-order chi connectivity index (χ1) is 7.16. The summed E-state index contributed by atoms with van der Waals surface area (Å²) in [5, 5.41) is 0. The van der Waals surface area contributed by atoms with Crippen LogP contribution in [0.25, 0.3) is 11.3 Å². The number of hydrogen-bond acceptors (Lipinski definition) is 3. The fourth-order valence-electron chi connectivity index (χ4n) is 1.36. The molecule has 2 rings (SSSR count). The van der Waals surface area contributed by atoms with Crippen LogP contribution in [0.1, 0.15) is 5.56 Å². The standard InChI is InChI=1S/C11H10BrN3/c1-7-6-14-11(13)15-10(7)8-2-4-9(12)5-3-8/h2-6H,1H3,(H2,13,14,15). The number of nitrogens with zero attached hydrogens (tertiary/aromatic N) is 2. The summed E-state index contributed by atoms with van der Waals surface area (Å²) in [5.41, 5.74) is 8.51. The van der Waals surface area contributed by atoms with Crippen molar-refractivity contribution in [2.24, 2.45) is 0 Å². The van der Waals surface area contributed by atoms with E-state index in [0.29, 0.717) is 5.95 Å². The van der Waals surface area contributed by atoms with Gasteiger partial charge in [-0.05, 0) is 24.6 Å². The molecule has 0 radical (unpaired) electrons. The first-order valence-electron chi connectivity index (χ1n) is 4.52. The molecule has 0 saturated carbocycles. The molecule has 0 aliphatic heterocycles.